The Morgan fingerprint density at radius 3 is 2.63 bits per heavy atom. The van der Waals surface area contributed by atoms with Crippen LogP contribution in [0.1, 0.15) is 16.7 Å². The Bertz CT molecular complexity index is 1200. The standard InChI is InChI=1S/C24H22FN3OS/c1-16-5-3-4-6-18(16)11-24(29)26-20-12-22-21(23(13-20)30-2)15-28(27-22)14-17-7-9-19(25)10-8-17/h3-10,12-13,15H,11,14H2,1-2H3,(H,26,29). The zero-order chi connectivity index (χ0) is 21.1. The molecule has 3 aromatic carbocycles. The second-order valence-electron chi connectivity index (χ2n) is 7.22. The Labute approximate surface area is 179 Å². The quantitative estimate of drug-likeness (QED) is 0.424. The van der Waals surface area contributed by atoms with E-state index in [1.165, 1.54) is 12.1 Å². The van der Waals surface area contributed by atoms with Gasteiger partial charge in [0, 0.05) is 22.2 Å². The van der Waals surface area contributed by atoms with Crippen LogP contribution >= 0.6 is 11.8 Å². The minimum absolute atomic E-state index is 0.0542. The van der Waals surface area contributed by atoms with Gasteiger partial charge in [0.15, 0.2) is 0 Å². The van der Waals surface area contributed by atoms with Gasteiger partial charge < -0.3 is 5.32 Å². The van der Waals surface area contributed by atoms with E-state index in [0.29, 0.717) is 13.0 Å². The molecule has 0 bridgehead atoms. The molecule has 0 saturated carbocycles. The van der Waals surface area contributed by atoms with Crippen LogP contribution in [-0.4, -0.2) is 21.9 Å². The van der Waals surface area contributed by atoms with Crippen LogP contribution in [0.25, 0.3) is 10.9 Å². The van der Waals surface area contributed by atoms with E-state index in [1.54, 1.807) is 23.9 Å². The van der Waals surface area contributed by atoms with Crippen molar-refractivity contribution in [2.24, 2.45) is 0 Å². The summed E-state index contributed by atoms with van der Waals surface area (Å²) >= 11 is 1.61. The van der Waals surface area contributed by atoms with Crippen LogP contribution in [0.5, 0.6) is 0 Å². The lowest BCUT2D eigenvalue weighted by Gasteiger charge is -2.09. The van der Waals surface area contributed by atoms with Crippen LogP contribution in [0.3, 0.4) is 0 Å². The lowest BCUT2D eigenvalue weighted by Crippen LogP contribution is -2.15. The van der Waals surface area contributed by atoms with Crippen LogP contribution in [0.15, 0.2) is 71.8 Å². The smallest absolute Gasteiger partial charge is 0.228 e. The maximum Gasteiger partial charge on any atom is 0.228 e. The largest absolute Gasteiger partial charge is 0.326 e. The zero-order valence-electron chi connectivity index (χ0n) is 16.9. The molecular weight excluding hydrogens is 397 g/mol. The van der Waals surface area contributed by atoms with Crippen molar-refractivity contribution >= 4 is 34.3 Å². The Kier molecular flexibility index (Phi) is 5.86. The highest BCUT2D eigenvalue weighted by molar-refractivity contribution is 7.98. The predicted molar refractivity (Wildman–Crippen MR) is 121 cm³/mol. The summed E-state index contributed by atoms with van der Waals surface area (Å²) in [5, 5.41) is 8.70. The van der Waals surface area contributed by atoms with Gasteiger partial charge in [-0.25, -0.2) is 4.39 Å². The first-order valence-electron chi connectivity index (χ1n) is 9.66. The van der Waals surface area contributed by atoms with Crippen molar-refractivity contribution < 1.29 is 9.18 Å². The van der Waals surface area contributed by atoms with Crippen LogP contribution < -0.4 is 5.32 Å². The van der Waals surface area contributed by atoms with Gasteiger partial charge in [-0.2, -0.15) is 5.10 Å². The number of aromatic nitrogens is 2. The second-order valence-corrected chi connectivity index (χ2v) is 8.06. The maximum absolute atomic E-state index is 13.1. The molecule has 0 aliphatic rings. The molecule has 6 heteroatoms. The van der Waals surface area contributed by atoms with E-state index in [2.05, 4.69) is 10.4 Å². The number of amides is 1. The lowest BCUT2D eigenvalue weighted by molar-refractivity contribution is -0.115. The van der Waals surface area contributed by atoms with Gasteiger partial charge in [-0.1, -0.05) is 36.4 Å². The Morgan fingerprint density at radius 2 is 1.90 bits per heavy atom. The fourth-order valence-electron chi connectivity index (χ4n) is 3.43. The summed E-state index contributed by atoms with van der Waals surface area (Å²) in [7, 11) is 0. The molecule has 4 rings (SSSR count). The minimum Gasteiger partial charge on any atom is -0.326 e. The summed E-state index contributed by atoms with van der Waals surface area (Å²) in [6.07, 6.45) is 4.33. The van der Waals surface area contributed by atoms with E-state index >= 15 is 0 Å². The van der Waals surface area contributed by atoms with Crippen molar-refractivity contribution in [3.63, 3.8) is 0 Å². The van der Waals surface area contributed by atoms with Crippen LogP contribution in [0.4, 0.5) is 10.1 Å². The molecular formula is C24H22FN3OS. The van der Waals surface area contributed by atoms with Gasteiger partial charge in [0.1, 0.15) is 5.82 Å². The topological polar surface area (TPSA) is 46.9 Å². The van der Waals surface area contributed by atoms with Gasteiger partial charge >= 0.3 is 0 Å². The molecule has 0 saturated heterocycles. The summed E-state index contributed by atoms with van der Waals surface area (Å²) in [5.41, 5.74) is 4.64. The molecule has 152 valence electrons. The average molecular weight is 420 g/mol. The number of hydrogen-bond donors (Lipinski definition) is 1. The highest BCUT2D eigenvalue weighted by Crippen LogP contribution is 2.30. The molecule has 30 heavy (non-hydrogen) atoms. The molecule has 0 atom stereocenters. The number of rotatable bonds is 6. The first-order valence-corrected chi connectivity index (χ1v) is 10.9. The number of halogens is 1. The summed E-state index contributed by atoms with van der Waals surface area (Å²) in [6, 6.07) is 18.2. The van der Waals surface area contributed by atoms with E-state index in [9.17, 15) is 9.18 Å². The summed E-state index contributed by atoms with van der Waals surface area (Å²) in [4.78, 5) is 13.6. The third-order valence-corrected chi connectivity index (χ3v) is 5.79. The SMILES string of the molecule is CSc1cc(NC(=O)Cc2ccccc2C)cc2nn(Cc3ccc(F)cc3)cc12. The van der Waals surface area contributed by atoms with E-state index < -0.39 is 0 Å². The van der Waals surface area contributed by atoms with Gasteiger partial charge in [-0.05, 0) is 54.1 Å². The highest BCUT2D eigenvalue weighted by Gasteiger charge is 2.12. The highest BCUT2D eigenvalue weighted by atomic mass is 32.2. The van der Waals surface area contributed by atoms with Crippen LogP contribution in [0.2, 0.25) is 0 Å². The predicted octanol–water partition coefficient (Wildman–Crippen LogP) is 5.44. The number of benzene rings is 3. The van der Waals surface area contributed by atoms with Gasteiger partial charge in [0.05, 0.1) is 18.5 Å². The van der Waals surface area contributed by atoms with Crippen molar-refractivity contribution in [3.8, 4) is 0 Å². The first kappa shape index (κ1) is 20.2. The molecule has 0 radical (unpaired) electrons. The molecule has 0 aliphatic heterocycles. The van der Waals surface area contributed by atoms with E-state index in [4.69, 9.17) is 0 Å². The number of hydrogen-bond acceptors (Lipinski definition) is 3. The van der Waals surface area contributed by atoms with Crippen molar-refractivity contribution in [2.75, 3.05) is 11.6 Å². The third kappa shape index (κ3) is 4.54. The van der Waals surface area contributed by atoms with Gasteiger partial charge in [0.25, 0.3) is 0 Å². The monoisotopic (exact) mass is 419 g/mol. The number of carbonyl (C=O) groups excluding carboxylic acids is 1. The number of thioether (sulfide) groups is 1. The molecule has 1 heterocycles. The average Bonchev–Trinajstić information content (AvgIpc) is 3.13. The van der Waals surface area contributed by atoms with Gasteiger partial charge in [-0.15, -0.1) is 11.8 Å². The molecule has 0 fully saturated rings. The molecule has 1 aromatic heterocycles. The number of nitrogens with zero attached hydrogens (tertiary/aromatic N) is 2. The number of carbonyl (C=O) groups is 1. The third-order valence-electron chi connectivity index (χ3n) is 5.01. The Morgan fingerprint density at radius 1 is 1.13 bits per heavy atom. The number of aryl methyl sites for hydroxylation is 1. The molecule has 0 aliphatic carbocycles. The van der Waals surface area contributed by atoms with Crippen molar-refractivity contribution in [2.45, 2.75) is 24.8 Å². The van der Waals surface area contributed by atoms with Crippen molar-refractivity contribution in [3.05, 3.63) is 89.4 Å². The Hall–Kier alpha value is -3.12. The Balaban J connectivity index is 1.56. The van der Waals surface area contributed by atoms with Crippen LogP contribution in [0, 0.1) is 12.7 Å². The van der Waals surface area contributed by atoms with E-state index in [1.807, 2.05) is 60.5 Å². The molecule has 1 amide bonds. The van der Waals surface area contributed by atoms with Crippen LogP contribution in [-0.2, 0) is 17.8 Å². The normalized spacial score (nSPS) is 11.0. The van der Waals surface area contributed by atoms with E-state index in [0.717, 1.165) is 38.2 Å². The fraction of sp³-hybridized carbons (Fsp3) is 0.167. The summed E-state index contributed by atoms with van der Waals surface area (Å²) < 4.78 is 15.0. The maximum atomic E-state index is 13.1. The molecule has 0 unspecified atom stereocenters. The van der Waals surface area contributed by atoms with Crippen molar-refractivity contribution in [1.82, 2.24) is 9.78 Å². The number of fused-ring (bicyclic) bond motifs is 1. The summed E-state index contributed by atoms with van der Waals surface area (Å²) in [6.45, 7) is 2.56. The van der Waals surface area contributed by atoms with E-state index in [-0.39, 0.29) is 11.7 Å². The number of nitrogens with one attached hydrogen (secondary N) is 1. The summed E-state index contributed by atoms with van der Waals surface area (Å²) in [5.74, 6) is -0.304. The zero-order valence-corrected chi connectivity index (χ0v) is 17.7. The lowest BCUT2D eigenvalue weighted by atomic mass is 10.1. The molecule has 1 N–H and O–H groups in total. The minimum atomic E-state index is -0.250. The number of anilines is 1. The molecule has 4 nitrogen and oxygen atoms in total. The van der Waals surface area contributed by atoms with Gasteiger partial charge in [-0.3, -0.25) is 9.48 Å². The van der Waals surface area contributed by atoms with Crippen molar-refractivity contribution in [1.29, 1.82) is 0 Å². The molecule has 0 spiro atoms. The molecule has 4 aromatic rings. The first-order chi connectivity index (χ1) is 14.5. The van der Waals surface area contributed by atoms with Gasteiger partial charge in [0.2, 0.25) is 5.91 Å². The second kappa shape index (κ2) is 8.71. The fourth-order valence-corrected chi connectivity index (χ4v) is 4.05.